The maximum Gasteiger partial charge on any atom is -0.0149 e. The third kappa shape index (κ3) is 2.11. The smallest absolute Gasteiger partial charge is 0.0149 e. The molecule has 2 aromatic carbocycles. The molecule has 0 nitrogen and oxygen atoms in total. The van der Waals surface area contributed by atoms with Gasteiger partial charge in [0.2, 0.25) is 0 Å². The van der Waals surface area contributed by atoms with Crippen molar-refractivity contribution in [2.24, 2.45) is 5.92 Å². The molecule has 0 heteroatoms. The second-order valence-corrected chi connectivity index (χ2v) is 4.88. The van der Waals surface area contributed by atoms with Gasteiger partial charge in [0.15, 0.2) is 0 Å². The normalized spacial score (nSPS) is 11.2. The van der Waals surface area contributed by atoms with Crippen molar-refractivity contribution in [3.63, 3.8) is 0 Å². The zero-order valence-corrected chi connectivity index (χ0v) is 10.5. The Bertz CT molecular complexity index is 480. The van der Waals surface area contributed by atoms with Crippen LogP contribution in [0.3, 0.4) is 0 Å². The van der Waals surface area contributed by atoms with E-state index < -0.39 is 0 Å². The Balaban J connectivity index is 2.59. The first-order valence-electron chi connectivity index (χ1n) is 6.22. The Morgan fingerprint density at radius 1 is 0.875 bits per heavy atom. The molecule has 16 heavy (non-hydrogen) atoms. The van der Waals surface area contributed by atoms with E-state index in [0.29, 0.717) is 0 Å². The van der Waals surface area contributed by atoms with Gasteiger partial charge in [0.25, 0.3) is 0 Å². The van der Waals surface area contributed by atoms with E-state index in [-0.39, 0.29) is 0 Å². The quantitative estimate of drug-likeness (QED) is 0.697. The fraction of sp³-hybridized carbons (Fsp3) is 0.375. The minimum atomic E-state index is 0.718. The molecule has 84 valence electrons. The molecule has 0 atom stereocenters. The number of rotatable bonds is 3. The fourth-order valence-corrected chi connectivity index (χ4v) is 2.37. The third-order valence-corrected chi connectivity index (χ3v) is 3.11. The fourth-order valence-electron chi connectivity index (χ4n) is 2.37. The number of fused-ring (bicyclic) bond motifs is 1. The minimum absolute atomic E-state index is 0.718. The van der Waals surface area contributed by atoms with Crippen molar-refractivity contribution in [2.45, 2.75) is 33.6 Å². The summed E-state index contributed by atoms with van der Waals surface area (Å²) in [7, 11) is 0. The molecule has 2 aromatic rings. The highest BCUT2D eigenvalue weighted by Crippen LogP contribution is 2.24. The summed E-state index contributed by atoms with van der Waals surface area (Å²) in [5.41, 5.74) is 2.95. The van der Waals surface area contributed by atoms with Crippen molar-refractivity contribution in [2.75, 3.05) is 0 Å². The van der Waals surface area contributed by atoms with E-state index in [1.165, 1.54) is 28.3 Å². The molecule has 0 bridgehead atoms. The van der Waals surface area contributed by atoms with Gasteiger partial charge < -0.3 is 0 Å². The van der Waals surface area contributed by atoms with Gasteiger partial charge in [-0.3, -0.25) is 0 Å². The highest BCUT2D eigenvalue weighted by Gasteiger charge is 2.05. The number of hydrogen-bond donors (Lipinski definition) is 0. The lowest BCUT2D eigenvalue weighted by atomic mass is 9.94. The van der Waals surface area contributed by atoms with Gasteiger partial charge in [-0.25, -0.2) is 0 Å². The maximum atomic E-state index is 2.28. The molecule has 0 aliphatic heterocycles. The monoisotopic (exact) mass is 212 g/mol. The molecular weight excluding hydrogens is 192 g/mol. The van der Waals surface area contributed by atoms with Crippen LogP contribution in [0.4, 0.5) is 0 Å². The largest absolute Gasteiger partial charge is 0.0625 e. The van der Waals surface area contributed by atoms with Crippen LogP contribution in [0.5, 0.6) is 0 Å². The molecule has 0 N–H and O–H groups in total. The van der Waals surface area contributed by atoms with Crippen LogP contribution in [0.15, 0.2) is 36.4 Å². The summed E-state index contributed by atoms with van der Waals surface area (Å²) in [6.45, 7) is 6.79. The van der Waals surface area contributed by atoms with Gasteiger partial charge in [-0.05, 0) is 40.7 Å². The highest BCUT2D eigenvalue weighted by atomic mass is 14.1. The molecule has 0 aliphatic rings. The van der Waals surface area contributed by atoms with E-state index in [4.69, 9.17) is 0 Å². The Kier molecular flexibility index (Phi) is 3.28. The Morgan fingerprint density at radius 2 is 1.44 bits per heavy atom. The van der Waals surface area contributed by atoms with Gasteiger partial charge in [0, 0.05) is 0 Å². The average Bonchev–Trinajstić information content (AvgIpc) is 2.28. The van der Waals surface area contributed by atoms with Crippen LogP contribution < -0.4 is 0 Å². The van der Waals surface area contributed by atoms with Crippen molar-refractivity contribution in [1.29, 1.82) is 0 Å². The van der Waals surface area contributed by atoms with Crippen molar-refractivity contribution >= 4 is 10.8 Å². The van der Waals surface area contributed by atoms with E-state index in [9.17, 15) is 0 Å². The van der Waals surface area contributed by atoms with Crippen LogP contribution in [0.25, 0.3) is 10.8 Å². The summed E-state index contributed by atoms with van der Waals surface area (Å²) in [4.78, 5) is 0. The first-order chi connectivity index (χ1) is 7.72. The topological polar surface area (TPSA) is 0 Å². The van der Waals surface area contributed by atoms with E-state index in [1.807, 2.05) is 0 Å². The molecule has 0 spiro atoms. The molecule has 0 amide bonds. The Labute approximate surface area is 98.3 Å². The molecule has 0 unspecified atom stereocenters. The van der Waals surface area contributed by atoms with Crippen molar-refractivity contribution in [3.8, 4) is 0 Å². The van der Waals surface area contributed by atoms with Crippen molar-refractivity contribution < 1.29 is 0 Å². The van der Waals surface area contributed by atoms with E-state index in [1.54, 1.807) is 0 Å². The van der Waals surface area contributed by atoms with Gasteiger partial charge in [0.1, 0.15) is 0 Å². The third-order valence-electron chi connectivity index (χ3n) is 3.11. The highest BCUT2D eigenvalue weighted by molar-refractivity contribution is 5.88. The first-order valence-corrected chi connectivity index (χ1v) is 6.22. The summed E-state index contributed by atoms with van der Waals surface area (Å²) >= 11 is 0. The molecule has 0 radical (unpaired) electrons. The average molecular weight is 212 g/mol. The van der Waals surface area contributed by atoms with E-state index in [2.05, 4.69) is 57.2 Å². The van der Waals surface area contributed by atoms with Crippen LogP contribution in [0.2, 0.25) is 0 Å². The maximum absolute atomic E-state index is 2.28. The predicted octanol–water partition coefficient (Wildman–Crippen LogP) is 4.60. The minimum Gasteiger partial charge on any atom is -0.0625 e. The summed E-state index contributed by atoms with van der Waals surface area (Å²) < 4.78 is 0. The summed E-state index contributed by atoms with van der Waals surface area (Å²) in [5, 5.41) is 2.87. The Morgan fingerprint density at radius 3 is 2.00 bits per heavy atom. The Hall–Kier alpha value is -1.30. The second-order valence-electron chi connectivity index (χ2n) is 4.88. The lowest BCUT2D eigenvalue weighted by molar-refractivity contribution is 0.650. The lowest BCUT2D eigenvalue weighted by Crippen LogP contribution is -1.95. The lowest BCUT2D eigenvalue weighted by Gasteiger charge is -2.11. The zero-order valence-electron chi connectivity index (χ0n) is 10.5. The van der Waals surface area contributed by atoms with Crippen LogP contribution in [-0.2, 0) is 12.8 Å². The van der Waals surface area contributed by atoms with Crippen LogP contribution in [-0.4, -0.2) is 0 Å². The molecular formula is C16H20. The SMILES string of the molecule is CCc1cccc2c(CC(C)C)cccc12. The molecule has 0 saturated heterocycles. The first kappa shape index (κ1) is 11.2. The molecule has 0 fully saturated rings. The summed E-state index contributed by atoms with van der Waals surface area (Å²) in [6.07, 6.45) is 2.28. The second kappa shape index (κ2) is 4.69. The number of hydrogen-bond acceptors (Lipinski definition) is 0. The molecule has 0 aliphatic carbocycles. The predicted molar refractivity (Wildman–Crippen MR) is 71.9 cm³/mol. The standard InChI is InChI=1S/C16H20/c1-4-13-7-5-10-16-14(11-12(2)3)8-6-9-15(13)16/h5-10,12H,4,11H2,1-3H3. The zero-order chi connectivity index (χ0) is 11.5. The summed E-state index contributed by atoms with van der Waals surface area (Å²) in [5.74, 6) is 0.718. The van der Waals surface area contributed by atoms with E-state index in [0.717, 1.165) is 12.3 Å². The van der Waals surface area contributed by atoms with E-state index >= 15 is 0 Å². The molecule has 0 aromatic heterocycles. The van der Waals surface area contributed by atoms with Gasteiger partial charge in [-0.2, -0.15) is 0 Å². The van der Waals surface area contributed by atoms with Crippen LogP contribution in [0.1, 0.15) is 31.9 Å². The summed E-state index contributed by atoms with van der Waals surface area (Å²) in [6, 6.07) is 13.4. The molecule has 2 rings (SSSR count). The molecule has 0 saturated carbocycles. The van der Waals surface area contributed by atoms with Crippen molar-refractivity contribution in [3.05, 3.63) is 47.5 Å². The van der Waals surface area contributed by atoms with Gasteiger partial charge in [0.05, 0.1) is 0 Å². The van der Waals surface area contributed by atoms with Crippen molar-refractivity contribution in [1.82, 2.24) is 0 Å². The van der Waals surface area contributed by atoms with Gasteiger partial charge in [-0.1, -0.05) is 57.2 Å². The van der Waals surface area contributed by atoms with Crippen LogP contribution in [0, 0.1) is 5.92 Å². The molecule has 0 heterocycles. The number of benzene rings is 2. The van der Waals surface area contributed by atoms with Gasteiger partial charge in [-0.15, -0.1) is 0 Å². The van der Waals surface area contributed by atoms with Gasteiger partial charge >= 0.3 is 0 Å². The van der Waals surface area contributed by atoms with Crippen LogP contribution >= 0.6 is 0 Å². The number of aryl methyl sites for hydroxylation is 1.